The zero-order valence-corrected chi connectivity index (χ0v) is 11.3. The Kier molecular flexibility index (Phi) is 18.8. The first kappa shape index (κ1) is 16.7. The monoisotopic (exact) mass is 221 g/mol. The lowest BCUT2D eigenvalue weighted by Gasteiger charge is -2.08. The number of nitrogens with zero attached hydrogens (tertiary/aromatic N) is 1. The smallest absolute Gasteiger partial charge is 0.0470 e. The Morgan fingerprint density at radius 3 is 2.14 bits per heavy atom. The Bertz CT molecular complexity index is 89.4. The summed E-state index contributed by atoms with van der Waals surface area (Å²) in [4.78, 5) is 2.23. The topological polar surface area (TPSA) is 12.5 Å². The minimum absolute atomic E-state index is 0.903. The van der Waals surface area contributed by atoms with Gasteiger partial charge in [0.15, 0.2) is 0 Å². The molecule has 0 N–H and O–H groups in total. The standard InChI is InChI=1S/C9H21NOS.C2H6/c1-10(2)6-4-8-12-9-5-7-11-3;1-2/h4-9H2,1-3H3;1-2H3. The van der Waals surface area contributed by atoms with Crippen LogP contribution in [0.2, 0.25) is 0 Å². The lowest BCUT2D eigenvalue weighted by molar-refractivity contribution is 0.200. The highest BCUT2D eigenvalue weighted by molar-refractivity contribution is 7.99. The van der Waals surface area contributed by atoms with E-state index in [1.165, 1.54) is 30.9 Å². The van der Waals surface area contributed by atoms with E-state index in [2.05, 4.69) is 19.0 Å². The Balaban J connectivity index is 0. The second-order valence-electron chi connectivity index (χ2n) is 3.12. The maximum absolute atomic E-state index is 4.97. The molecule has 0 atom stereocenters. The van der Waals surface area contributed by atoms with Gasteiger partial charge >= 0.3 is 0 Å². The Morgan fingerprint density at radius 1 is 1.07 bits per heavy atom. The molecule has 0 saturated carbocycles. The third kappa shape index (κ3) is 18.1. The average molecular weight is 221 g/mol. The number of ether oxygens (including phenoxy) is 1. The number of thioether (sulfide) groups is 1. The van der Waals surface area contributed by atoms with Crippen LogP contribution in [0.15, 0.2) is 0 Å². The molecule has 0 rings (SSSR count). The molecular weight excluding hydrogens is 194 g/mol. The molecule has 0 aromatic rings. The lowest BCUT2D eigenvalue weighted by atomic mass is 10.5. The van der Waals surface area contributed by atoms with Crippen molar-refractivity contribution in [1.29, 1.82) is 0 Å². The van der Waals surface area contributed by atoms with Gasteiger partial charge in [0.2, 0.25) is 0 Å². The summed E-state index contributed by atoms with van der Waals surface area (Å²) in [7, 11) is 6.00. The number of hydrogen-bond acceptors (Lipinski definition) is 3. The third-order valence-electron chi connectivity index (χ3n) is 1.53. The Labute approximate surface area is 94.4 Å². The van der Waals surface area contributed by atoms with Crippen molar-refractivity contribution in [2.75, 3.05) is 45.9 Å². The minimum atomic E-state index is 0.903. The van der Waals surface area contributed by atoms with Crippen molar-refractivity contribution in [3.8, 4) is 0 Å². The van der Waals surface area contributed by atoms with E-state index in [0.29, 0.717) is 0 Å². The number of methoxy groups -OCH3 is 1. The summed E-state index contributed by atoms with van der Waals surface area (Å²) in [5, 5.41) is 0. The summed E-state index contributed by atoms with van der Waals surface area (Å²) in [5.74, 6) is 2.52. The van der Waals surface area contributed by atoms with Crippen molar-refractivity contribution in [3.63, 3.8) is 0 Å². The van der Waals surface area contributed by atoms with Gasteiger partial charge in [-0.15, -0.1) is 0 Å². The molecule has 0 amide bonds. The Hall–Kier alpha value is 0.270. The zero-order chi connectivity index (χ0) is 11.2. The summed E-state index contributed by atoms with van der Waals surface area (Å²) in [6, 6.07) is 0. The Morgan fingerprint density at radius 2 is 1.64 bits per heavy atom. The molecule has 0 aliphatic heterocycles. The van der Waals surface area contributed by atoms with Gasteiger partial charge in [0.25, 0.3) is 0 Å². The third-order valence-corrected chi connectivity index (χ3v) is 2.69. The maximum Gasteiger partial charge on any atom is 0.0470 e. The van der Waals surface area contributed by atoms with Crippen molar-refractivity contribution in [3.05, 3.63) is 0 Å². The molecule has 2 nitrogen and oxygen atoms in total. The van der Waals surface area contributed by atoms with Crippen LogP contribution in [0.3, 0.4) is 0 Å². The molecule has 0 aliphatic rings. The first-order chi connectivity index (χ1) is 6.77. The highest BCUT2D eigenvalue weighted by Crippen LogP contribution is 2.04. The minimum Gasteiger partial charge on any atom is -0.385 e. The highest BCUT2D eigenvalue weighted by atomic mass is 32.2. The van der Waals surface area contributed by atoms with E-state index in [1.54, 1.807) is 7.11 Å². The number of rotatable bonds is 8. The molecule has 14 heavy (non-hydrogen) atoms. The van der Waals surface area contributed by atoms with E-state index < -0.39 is 0 Å². The second kappa shape index (κ2) is 15.7. The van der Waals surface area contributed by atoms with E-state index in [4.69, 9.17) is 4.74 Å². The maximum atomic E-state index is 4.97. The van der Waals surface area contributed by atoms with E-state index in [1.807, 2.05) is 25.6 Å². The van der Waals surface area contributed by atoms with Crippen LogP contribution in [0.5, 0.6) is 0 Å². The van der Waals surface area contributed by atoms with Crippen LogP contribution in [0.4, 0.5) is 0 Å². The predicted octanol–water partition coefficient (Wildman–Crippen LogP) is 2.73. The fourth-order valence-electron chi connectivity index (χ4n) is 0.890. The van der Waals surface area contributed by atoms with Gasteiger partial charge in [0, 0.05) is 13.7 Å². The van der Waals surface area contributed by atoms with E-state index in [9.17, 15) is 0 Å². The average Bonchev–Trinajstić information content (AvgIpc) is 2.19. The lowest BCUT2D eigenvalue weighted by Crippen LogP contribution is -2.13. The van der Waals surface area contributed by atoms with Gasteiger partial charge < -0.3 is 9.64 Å². The zero-order valence-electron chi connectivity index (χ0n) is 10.5. The summed E-state index contributed by atoms with van der Waals surface area (Å²) in [5.41, 5.74) is 0. The van der Waals surface area contributed by atoms with Crippen molar-refractivity contribution in [2.24, 2.45) is 0 Å². The van der Waals surface area contributed by atoms with Gasteiger partial charge in [-0.3, -0.25) is 0 Å². The van der Waals surface area contributed by atoms with Gasteiger partial charge in [-0.2, -0.15) is 11.8 Å². The van der Waals surface area contributed by atoms with Crippen LogP contribution >= 0.6 is 11.8 Å². The summed E-state index contributed by atoms with van der Waals surface area (Å²) < 4.78 is 4.97. The largest absolute Gasteiger partial charge is 0.385 e. The van der Waals surface area contributed by atoms with Gasteiger partial charge in [0.1, 0.15) is 0 Å². The molecule has 0 fully saturated rings. The first-order valence-electron chi connectivity index (χ1n) is 5.48. The molecule has 3 heteroatoms. The van der Waals surface area contributed by atoms with Crippen LogP contribution in [-0.4, -0.2) is 50.8 Å². The van der Waals surface area contributed by atoms with Gasteiger partial charge in [-0.05, 0) is 45.0 Å². The first-order valence-corrected chi connectivity index (χ1v) is 6.64. The van der Waals surface area contributed by atoms with Crippen molar-refractivity contribution in [1.82, 2.24) is 4.90 Å². The summed E-state index contributed by atoms with van der Waals surface area (Å²) in [6.45, 7) is 6.11. The van der Waals surface area contributed by atoms with Crippen molar-refractivity contribution < 1.29 is 4.74 Å². The van der Waals surface area contributed by atoms with Crippen LogP contribution in [-0.2, 0) is 4.74 Å². The molecule has 0 aromatic heterocycles. The molecule has 0 radical (unpaired) electrons. The van der Waals surface area contributed by atoms with Crippen LogP contribution < -0.4 is 0 Å². The molecule has 0 aliphatic carbocycles. The van der Waals surface area contributed by atoms with Crippen molar-refractivity contribution in [2.45, 2.75) is 26.7 Å². The molecule has 0 saturated heterocycles. The fourth-order valence-corrected chi connectivity index (χ4v) is 1.75. The molecule has 0 spiro atoms. The van der Waals surface area contributed by atoms with Gasteiger partial charge in [-0.25, -0.2) is 0 Å². The van der Waals surface area contributed by atoms with Crippen LogP contribution in [0.25, 0.3) is 0 Å². The quantitative estimate of drug-likeness (QED) is 0.585. The highest BCUT2D eigenvalue weighted by Gasteiger charge is 1.91. The molecule has 0 heterocycles. The molecule has 88 valence electrons. The molecule has 0 bridgehead atoms. The predicted molar refractivity (Wildman–Crippen MR) is 68.3 cm³/mol. The SMILES string of the molecule is CC.COCCCSCCCN(C)C. The molecular formula is C11H27NOS. The van der Waals surface area contributed by atoms with Crippen LogP contribution in [0, 0.1) is 0 Å². The van der Waals surface area contributed by atoms with Gasteiger partial charge in [-0.1, -0.05) is 13.8 Å². The summed E-state index contributed by atoms with van der Waals surface area (Å²) >= 11 is 2.03. The van der Waals surface area contributed by atoms with E-state index in [0.717, 1.165) is 6.61 Å². The normalized spacial score (nSPS) is 9.86. The number of hydrogen-bond donors (Lipinski definition) is 0. The van der Waals surface area contributed by atoms with Gasteiger partial charge in [0.05, 0.1) is 0 Å². The summed E-state index contributed by atoms with van der Waals surface area (Å²) in [6.07, 6.45) is 2.48. The van der Waals surface area contributed by atoms with E-state index in [-0.39, 0.29) is 0 Å². The van der Waals surface area contributed by atoms with E-state index >= 15 is 0 Å². The van der Waals surface area contributed by atoms with Crippen LogP contribution in [0.1, 0.15) is 26.7 Å². The molecule has 0 aromatic carbocycles. The second-order valence-corrected chi connectivity index (χ2v) is 4.34. The van der Waals surface area contributed by atoms with Crippen molar-refractivity contribution >= 4 is 11.8 Å². The fraction of sp³-hybridized carbons (Fsp3) is 1.00. The molecule has 0 unspecified atom stereocenters.